The summed E-state index contributed by atoms with van der Waals surface area (Å²) in [4.78, 5) is 11.2. The lowest BCUT2D eigenvalue weighted by Gasteiger charge is -2.30. The Hall–Kier alpha value is -2.62. The molecule has 0 heterocycles. The maximum atomic E-state index is 13.6. The van der Waals surface area contributed by atoms with E-state index in [2.05, 4.69) is 0 Å². The van der Waals surface area contributed by atoms with Gasteiger partial charge in [0.1, 0.15) is 0 Å². The minimum atomic E-state index is -3.86. The minimum Gasteiger partial charge on any atom is -0.481 e. The van der Waals surface area contributed by atoms with E-state index in [1.54, 1.807) is 13.0 Å². The SMILES string of the molecule is Cc1ccc(N(CC(C)C)S(=O)(=O)c2ccc(N(N)C(CO)CC(=O)O)c(C)c2)c(C)c1. The number of nitrogens with two attached hydrogens (primary N) is 1. The zero-order valence-corrected chi connectivity index (χ0v) is 20.1. The molecule has 176 valence electrons. The molecule has 0 aromatic heterocycles. The molecule has 32 heavy (non-hydrogen) atoms. The molecule has 2 rings (SSSR count). The Kier molecular flexibility index (Phi) is 8.28. The summed E-state index contributed by atoms with van der Waals surface area (Å²) in [5.41, 5.74) is 3.56. The van der Waals surface area contributed by atoms with Crippen molar-refractivity contribution in [2.75, 3.05) is 22.5 Å². The summed E-state index contributed by atoms with van der Waals surface area (Å²) in [7, 11) is -3.86. The van der Waals surface area contributed by atoms with Crippen LogP contribution in [0.5, 0.6) is 0 Å². The van der Waals surface area contributed by atoms with Crippen molar-refractivity contribution < 1.29 is 23.4 Å². The maximum Gasteiger partial charge on any atom is 0.305 e. The van der Waals surface area contributed by atoms with Crippen molar-refractivity contribution in [3.63, 3.8) is 0 Å². The molecule has 4 N–H and O–H groups in total. The van der Waals surface area contributed by atoms with Crippen LogP contribution in [-0.4, -0.2) is 43.8 Å². The first-order valence-corrected chi connectivity index (χ1v) is 11.9. The molecule has 0 aliphatic heterocycles. The molecular weight excluding hydrogens is 430 g/mol. The maximum absolute atomic E-state index is 13.6. The number of aliphatic hydroxyl groups excluding tert-OH is 1. The minimum absolute atomic E-state index is 0.103. The summed E-state index contributed by atoms with van der Waals surface area (Å²) >= 11 is 0. The summed E-state index contributed by atoms with van der Waals surface area (Å²) < 4.78 is 28.7. The van der Waals surface area contributed by atoms with Gasteiger partial charge in [0.2, 0.25) is 0 Å². The Morgan fingerprint density at radius 2 is 1.62 bits per heavy atom. The second kappa shape index (κ2) is 10.3. The van der Waals surface area contributed by atoms with E-state index in [0.29, 0.717) is 23.5 Å². The van der Waals surface area contributed by atoms with Crippen LogP contribution in [0.25, 0.3) is 0 Å². The van der Waals surface area contributed by atoms with Crippen LogP contribution in [-0.2, 0) is 14.8 Å². The average molecular weight is 464 g/mol. The number of sulfonamides is 1. The summed E-state index contributed by atoms with van der Waals surface area (Å²) in [6.45, 7) is 9.35. The van der Waals surface area contributed by atoms with Crippen molar-refractivity contribution in [3.05, 3.63) is 53.1 Å². The third-order valence-corrected chi connectivity index (χ3v) is 6.98. The molecule has 0 amide bonds. The topological polar surface area (TPSA) is 124 Å². The highest BCUT2D eigenvalue weighted by atomic mass is 32.2. The molecule has 0 spiro atoms. The fourth-order valence-corrected chi connectivity index (χ4v) is 5.38. The molecule has 0 saturated heterocycles. The smallest absolute Gasteiger partial charge is 0.305 e. The van der Waals surface area contributed by atoms with Gasteiger partial charge in [-0.25, -0.2) is 14.3 Å². The molecule has 0 radical (unpaired) electrons. The second-order valence-corrected chi connectivity index (χ2v) is 10.4. The molecule has 0 saturated carbocycles. The van der Waals surface area contributed by atoms with Gasteiger partial charge in [0.25, 0.3) is 10.0 Å². The largest absolute Gasteiger partial charge is 0.481 e. The second-order valence-electron chi connectivity index (χ2n) is 8.51. The molecule has 1 atom stereocenters. The molecule has 0 aliphatic rings. The summed E-state index contributed by atoms with van der Waals surface area (Å²) in [6, 6.07) is 9.37. The van der Waals surface area contributed by atoms with Gasteiger partial charge in [0.05, 0.1) is 35.3 Å². The van der Waals surface area contributed by atoms with E-state index >= 15 is 0 Å². The number of aliphatic carboxylic acids is 1. The van der Waals surface area contributed by atoms with Gasteiger partial charge in [-0.05, 0) is 62.1 Å². The Balaban J connectivity index is 2.49. The van der Waals surface area contributed by atoms with Crippen LogP contribution in [0.3, 0.4) is 0 Å². The highest BCUT2D eigenvalue weighted by molar-refractivity contribution is 7.92. The lowest BCUT2D eigenvalue weighted by molar-refractivity contribution is -0.137. The van der Waals surface area contributed by atoms with Crippen molar-refractivity contribution in [3.8, 4) is 0 Å². The number of aliphatic hydroxyl groups is 1. The number of carboxylic acids is 1. The van der Waals surface area contributed by atoms with Gasteiger partial charge in [-0.2, -0.15) is 0 Å². The van der Waals surface area contributed by atoms with Gasteiger partial charge in [-0.3, -0.25) is 9.10 Å². The predicted molar refractivity (Wildman–Crippen MR) is 126 cm³/mol. The number of carbonyl (C=O) groups is 1. The molecule has 1 unspecified atom stereocenters. The van der Waals surface area contributed by atoms with Crippen molar-refractivity contribution in [1.82, 2.24) is 0 Å². The average Bonchev–Trinajstić information content (AvgIpc) is 2.69. The number of hydrazine groups is 1. The van der Waals surface area contributed by atoms with Gasteiger partial charge < -0.3 is 15.2 Å². The molecule has 8 nitrogen and oxygen atoms in total. The molecule has 0 aliphatic carbocycles. The van der Waals surface area contributed by atoms with Crippen LogP contribution in [0.15, 0.2) is 41.3 Å². The Morgan fingerprint density at radius 3 is 2.12 bits per heavy atom. The highest BCUT2D eigenvalue weighted by Gasteiger charge is 2.28. The van der Waals surface area contributed by atoms with E-state index in [-0.39, 0.29) is 17.2 Å². The third-order valence-electron chi connectivity index (χ3n) is 5.20. The fourth-order valence-electron chi connectivity index (χ4n) is 3.60. The van der Waals surface area contributed by atoms with Crippen LogP contribution in [0.1, 0.15) is 37.0 Å². The first-order valence-electron chi connectivity index (χ1n) is 10.5. The van der Waals surface area contributed by atoms with Gasteiger partial charge in [-0.15, -0.1) is 0 Å². The molecule has 9 heteroatoms. The lowest BCUT2D eigenvalue weighted by atomic mass is 10.1. The molecular formula is C23H33N3O5S. The molecule has 0 bridgehead atoms. The first-order chi connectivity index (χ1) is 14.9. The number of carboxylic acid groups (broad SMARTS) is 1. The van der Waals surface area contributed by atoms with Gasteiger partial charge in [0.15, 0.2) is 0 Å². The standard InChI is InChI=1S/C23H33N3O5S/c1-15(2)13-25(21-8-6-16(3)10-17(21)4)32(30,31)20-7-9-22(18(5)11-20)26(24)19(14-27)12-23(28)29/h6-11,15,19,27H,12-14,24H2,1-5H3,(H,28,29). The number of benzene rings is 2. The van der Waals surface area contributed by atoms with Crippen LogP contribution in [0.4, 0.5) is 11.4 Å². The predicted octanol–water partition coefficient (Wildman–Crippen LogP) is 2.98. The van der Waals surface area contributed by atoms with Crippen LogP contribution in [0, 0.1) is 26.7 Å². The van der Waals surface area contributed by atoms with E-state index in [9.17, 15) is 18.3 Å². The van der Waals surface area contributed by atoms with Gasteiger partial charge >= 0.3 is 5.97 Å². The normalized spacial score (nSPS) is 12.6. The zero-order valence-electron chi connectivity index (χ0n) is 19.2. The Morgan fingerprint density at radius 1 is 1.03 bits per heavy atom. The molecule has 2 aromatic carbocycles. The number of nitrogens with zero attached hydrogens (tertiary/aromatic N) is 2. The number of rotatable bonds is 10. The van der Waals surface area contributed by atoms with E-state index in [1.807, 2.05) is 45.9 Å². The van der Waals surface area contributed by atoms with Crippen LogP contribution >= 0.6 is 0 Å². The molecule has 0 fully saturated rings. The first kappa shape index (κ1) is 25.6. The van der Waals surface area contributed by atoms with Gasteiger partial charge in [-0.1, -0.05) is 31.5 Å². The van der Waals surface area contributed by atoms with Crippen molar-refractivity contribution in [1.29, 1.82) is 0 Å². The van der Waals surface area contributed by atoms with Crippen molar-refractivity contribution >= 4 is 27.4 Å². The zero-order chi connectivity index (χ0) is 24.2. The summed E-state index contributed by atoms with van der Waals surface area (Å²) in [5, 5.41) is 19.7. The monoisotopic (exact) mass is 463 g/mol. The highest BCUT2D eigenvalue weighted by Crippen LogP contribution is 2.31. The van der Waals surface area contributed by atoms with Crippen molar-refractivity contribution in [2.24, 2.45) is 11.8 Å². The third kappa shape index (κ3) is 5.79. The molecule has 2 aromatic rings. The number of hydrogen-bond acceptors (Lipinski definition) is 6. The van der Waals surface area contributed by atoms with Crippen LogP contribution < -0.4 is 15.2 Å². The van der Waals surface area contributed by atoms with Crippen molar-refractivity contribution in [2.45, 2.75) is 52.0 Å². The summed E-state index contributed by atoms with van der Waals surface area (Å²) in [6.07, 6.45) is -0.346. The van der Waals surface area contributed by atoms with Crippen LogP contribution in [0.2, 0.25) is 0 Å². The number of aryl methyl sites for hydroxylation is 3. The summed E-state index contributed by atoms with van der Waals surface area (Å²) in [5.74, 6) is 5.07. The Labute approximate surface area is 190 Å². The van der Waals surface area contributed by atoms with Gasteiger partial charge in [0, 0.05) is 6.54 Å². The fraction of sp³-hybridized carbons (Fsp3) is 0.435. The number of hydrogen-bond donors (Lipinski definition) is 3. The Bertz CT molecular complexity index is 1070. The quantitative estimate of drug-likeness (QED) is 0.365. The lowest BCUT2D eigenvalue weighted by Crippen LogP contribution is -2.45. The van der Waals surface area contributed by atoms with E-state index in [4.69, 9.17) is 10.9 Å². The number of anilines is 2. The van der Waals surface area contributed by atoms with E-state index in [0.717, 1.165) is 11.1 Å². The van der Waals surface area contributed by atoms with E-state index in [1.165, 1.54) is 21.4 Å². The van der Waals surface area contributed by atoms with E-state index < -0.39 is 28.6 Å².